The molecule has 1 heterocycles. The highest BCUT2D eigenvalue weighted by molar-refractivity contribution is 6.22. The quantitative estimate of drug-likeness (QED) is 0.561. The van der Waals surface area contributed by atoms with Gasteiger partial charge in [0.1, 0.15) is 0 Å². The summed E-state index contributed by atoms with van der Waals surface area (Å²) in [5.41, 5.74) is 0.712. The first kappa shape index (κ1) is 21.0. The van der Waals surface area contributed by atoms with Gasteiger partial charge in [0.15, 0.2) is 6.61 Å². The van der Waals surface area contributed by atoms with E-state index in [0.717, 1.165) is 44.9 Å². The van der Waals surface area contributed by atoms with Gasteiger partial charge in [-0.05, 0) is 44.4 Å². The van der Waals surface area contributed by atoms with Crippen molar-refractivity contribution >= 4 is 23.7 Å². The summed E-state index contributed by atoms with van der Waals surface area (Å²) in [6.07, 6.45) is 6.58. The number of esters is 1. The van der Waals surface area contributed by atoms with E-state index in [1.807, 2.05) is 13.8 Å². The Morgan fingerprint density at radius 1 is 1.14 bits per heavy atom. The number of ether oxygens (including phenoxy) is 1. The second-order valence-corrected chi connectivity index (χ2v) is 7.87. The van der Waals surface area contributed by atoms with E-state index in [2.05, 4.69) is 5.32 Å². The molecule has 7 heteroatoms. The van der Waals surface area contributed by atoms with Crippen LogP contribution in [0.15, 0.2) is 18.2 Å². The lowest BCUT2D eigenvalue weighted by Crippen LogP contribution is -2.40. The van der Waals surface area contributed by atoms with Crippen molar-refractivity contribution in [3.05, 3.63) is 34.9 Å². The third-order valence-corrected chi connectivity index (χ3v) is 5.56. The van der Waals surface area contributed by atoms with Crippen molar-refractivity contribution in [1.29, 1.82) is 0 Å². The molecular weight excluding hydrogens is 372 g/mol. The average Bonchev–Trinajstić information content (AvgIpc) is 2.96. The third-order valence-electron chi connectivity index (χ3n) is 5.56. The van der Waals surface area contributed by atoms with Crippen LogP contribution in [0.5, 0.6) is 0 Å². The number of carbonyl (C=O) groups is 4. The predicted molar refractivity (Wildman–Crippen MR) is 107 cm³/mol. The van der Waals surface area contributed by atoms with Crippen LogP contribution in [0.3, 0.4) is 0 Å². The Hall–Kier alpha value is -2.70. The molecule has 1 saturated carbocycles. The molecule has 0 bridgehead atoms. The zero-order valence-corrected chi connectivity index (χ0v) is 17.0. The summed E-state index contributed by atoms with van der Waals surface area (Å²) in [6.45, 7) is 3.54. The molecule has 1 aromatic carbocycles. The first-order valence-corrected chi connectivity index (χ1v) is 10.4. The Morgan fingerprint density at radius 3 is 2.52 bits per heavy atom. The smallest absolute Gasteiger partial charge is 0.338 e. The number of imide groups is 1. The van der Waals surface area contributed by atoms with Crippen molar-refractivity contribution < 1.29 is 23.9 Å². The number of hydrogen-bond donors (Lipinski definition) is 1. The molecule has 7 nitrogen and oxygen atoms in total. The number of fused-ring (bicyclic) bond motifs is 1. The second-order valence-electron chi connectivity index (χ2n) is 7.87. The minimum Gasteiger partial charge on any atom is -0.452 e. The molecule has 1 atom stereocenters. The first-order chi connectivity index (χ1) is 13.9. The van der Waals surface area contributed by atoms with E-state index in [9.17, 15) is 19.2 Å². The fourth-order valence-corrected chi connectivity index (χ4v) is 4.09. The van der Waals surface area contributed by atoms with Crippen molar-refractivity contribution in [3.8, 4) is 0 Å². The molecule has 1 aromatic rings. The van der Waals surface area contributed by atoms with Crippen LogP contribution in [0.25, 0.3) is 0 Å². The molecule has 1 aliphatic carbocycles. The lowest BCUT2D eigenvalue weighted by atomic mass is 9.94. The van der Waals surface area contributed by atoms with E-state index in [-0.39, 0.29) is 47.5 Å². The third kappa shape index (κ3) is 4.66. The molecule has 0 spiro atoms. The average molecular weight is 400 g/mol. The Kier molecular flexibility index (Phi) is 6.67. The Morgan fingerprint density at radius 2 is 1.83 bits per heavy atom. The maximum Gasteiger partial charge on any atom is 0.338 e. The molecule has 1 aliphatic heterocycles. The van der Waals surface area contributed by atoms with Crippen molar-refractivity contribution in [1.82, 2.24) is 10.2 Å². The van der Waals surface area contributed by atoms with E-state index in [1.54, 1.807) is 0 Å². The van der Waals surface area contributed by atoms with Gasteiger partial charge >= 0.3 is 5.97 Å². The monoisotopic (exact) mass is 400 g/mol. The van der Waals surface area contributed by atoms with Gasteiger partial charge in [-0.1, -0.05) is 32.6 Å². The molecule has 0 unspecified atom stereocenters. The number of hydrogen-bond acceptors (Lipinski definition) is 5. The summed E-state index contributed by atoms with van der Waals surface area (Å²) in [6, 6.07) is 4.31. The van der Waals surface area contributed by atoms with Gasteiger partial charge in [-0.2, -0.15) is 0 Å². The molecule has 0 aromatic heterocycles. The Labute approximate surface area is 170 Å². The van der Waals surface area contributed by atoms with Crippen LogP contribution in [-0.2, 0) is 9.53 Å². The van der Waals surface area contributed by atoms with Crippen LogP contribution in [0.2, 0.25) is 0 Å². The summed E-state index contributed by atoms with van der Waals surface area (Å²) < 4.78 is 5.07. The summed E-state index contributed by atoms with van der Waals surface area (Å²) in [5, 5.41) is 2.76. The SMILES string of the molecule is CCC[C@H](C)NC(=O)COC(=O)c1ccc2c(c1)C(=O)N(C1CCCCC1)C2=O. The largest absolute Gasteiger partial charge is 0.452 e. The summed E-state index contributed by atoms with van der Waals surface area (Å²) in [5.74, 6) is -1.70. The van der Waals surface area contributed by atoms with Gasteiger partial charge in [0, 0.05) is 12.1 Å². The number of carbonyl (C=O) groups excluding carboxylic acids is 4. The van der Waals surface area contributed by atoms with E-state index < -0.39 is 5.97 Å². The fraction of sp³-hybridized carbons (Fsp3) is 0.545. The van der Waals surface area contributed by atoms with Gasteiger partial charge in [-0.25, -0.2) is 4.79 Å². The van der Waals surface area contributed by atoms with E-state index >= 15 is 0 Å². The fourth-order valence-electron chi connectivity index (χ4n) is 4.09. The number of nitrogens with one attached hydrogen (secondary N) is 1. The van der Waals surface area contributed by atoms with E-state index in [1.165, 1.54) is 23.1 Å². The van der Waals surface area contributed by atoms with Crippen molar-refractivity contribution in [2.24, 2.45) is 0 Å². The number of rotatable bonds is 7. The van der Waals surface area contributed by atoms with Crippen LogP contribution < -0.4 is 5.32 Å². The molecule has 3 rings (SSSR count). The summed E-state index contributed by atoms with van der Waals surface area (Å²) in [7, 11) is 0. The van der Waals surface area contributed by atoms with Crippen LogP contribution in [0.4, 0.5) is 0 Å². The van der Waals surface area contributed by atoms with Crippen LogP contribution >= 0.6 is 0 Å². The van der Waals surface area contributed by atoms with Gasteiger partial charge < -0.3 is 10.1 Å². The highest BCUT2D eigenvalue weighted by Crippen LogP contribution is 2.31. The van der Waals surface area contributed by atoms with Crippen LogP contribution in [0, 0.1) is 0 Å². The van der Waals surface area contributed by atoms with Gasteiger partial charge in [-0.15, -0.1) is 0 Å². The number of benzene rings is 1. The van der Waals surface area contributed by atoms with Crippen LogP contribution in [-0.4, -0.2) is 47.3 Å². The zero-order valence-electron chi connectivity index (χ0n) is 17.0. The molecule has 0 radical (unpaired) electrons. The molecule has 29 heavy (non-hydrogen) atoms. The lowest BCUT2D eigenvalue weighted by Gasteiger charge is -2.29. The lowest BCUT2D eigenvalue weighted by molar-refractivity contribution is -0.124. The minimum atomic E-state index is -0.692. The topological polar surface area (TPSA) is 92.8 Å². The predicted octanol–water partition coefficient (Wildman–Crippen LogP) is 3.08. The standard InChI is InChI=1S/C22H28N2O5/c1-3-7-14(2)23-19(25)13-29-22(28)15-10-11-17-18(12-15)21(27)24(20(17)26)16-8-5-4-6-9-16/h10-12,14,16H,3-9,13H2,1-2H3,(H,23,25)/t14-/m0/s1. The molecular formula is C22H28N2O5. The maximum absolute atomic E-state index is 12.8. The molecule has 2 aliphatic rings. The second kappa shape index (κ2) is 9.20. The Bertz CT molecular complexity index is 813. The number of amides is 3. The van der Waals surface area contributed by atoms with Gasteiger partial charge in [0.2, 0.25) is 0 Å². The number of nitrogens with zero attached hydrogens (tertiary/aromatic N) is 1. The molecule has 1 fully saturated rings. The van der Waals surface area contributed by atoms with Gasteiger partial charge in [-0.3, -0.25) is 19.3 Å². The first-order valence-electron chi connectivity index (χ1n) is 10.4. The molecule has 156 valence electrons. The van der Waals surface area contributed by atoms with E-state index in [4.69, 9.17) is 4.74 Å². The highest BCUT2D eigenvalue weighted by atomic mass is 16.5. The van der Waals surface area contributed by atoms with Crippen LogP contribution in [0.1, 0.15) is 89.9 Å². The summed E-state index contributed by atoms with van der Waals surface area (Å²) >= 11 is 0. The Balaban J connectivity index is 1.64. The van der Waals surface area contributed by atoms with Crippen molar-refractivity contribution in [2.75, 3.05) is 6.61 Å². The van der Waals surface area contributed by atoms with Gasteiger partial charge in [0.05, 0.1) is 16.7 Å². The normalized spacial score (nSPS) is 17.8. The van der Waals surface area contributed by atoms with Crippen molar-refractivity contribution in [2.45, 2.75) is 70.9 Å². The summed E-state index contributed by atoms with van der Waals surface area (Å²) in [4.78, 5) is 51.1. The molecule has 1 N–H and O–H groups in total. The van der Waals surface area contributed by atoms with Gasteiger partial charge in [0.25, 0.3) is 17.7 Å². The highest BCUT2D eigenvalue weighted by Gasteiger charge is 2.40. The van der Waals surface area contributed by atoms with Crippen molar-refractivity contribution in [3.63, 3.8) is 0 Å². The van der Waals surface area contributed by atoms with E-state index in [0.29, 0.717) is 5.56 Å². The molecule has 3 amide bonds. The maximum atomic E-state index is 12.8. The zero-order chi connectivity index (χ0) is 21.0. The minimum absolute atomic E-state index is 0.0144. The molecule has 0 saturated heterocycles.